The van der Waals surface area contributed by atoms with Gasteiger partial charge in [0, 0.05) is 18.4 Å². The molecule has 2 rings (SSSR count). The molecule has 100 valence electrons. The smallest absolute Gasteiger partial charge is 0.337 e. The summed E-state index contributed by atoms with van der Waals surface area (Å²) in [6.07, 6.45) is 1.68. The summed E-state index contributed by atoms with van der Waals surface area (Å²) in [7, 11) is 1.41. The lowest BCUT2D eigenvalue weighted by atomic mass is 10.2. The molecule has 0 amide bonds. The number of carboxylic acids is 1. The first-order valence-corrected chi connectivity index (χ1v) is 5.74. The van der Waals surface area contributed by atoms with E-state index in [2.05, 4.69) is 0 Å². The molecule has 0 saturated heterocycles. The maximum absolute atomic E-state index is 13.6. The zero-order chi connectivity index (χ0) is 14.0. The van der Waals surface area contributed by atoms with Gasteiger partial charge in [-0.2, -0.15) is 0 Å². The van der Waals surface area contributed by atoms with Crippen LogP contribution in [0.3, 0.4) is 0 Å². The van der Waals surface area contributed by atoms with Crippen molar-refractivity contribution < 1.29 is 19.0 Å². The highest BCUT2D eigenvalue weighted by atomic mass is 19.1. The van der Waals surface area contributed by atoms with E-state index in [1.54, 1.807) is 29.8 Å². The van der Waals surface area contributed by atoms with Gasteiger partial charge in [0.2, 0.25) is 0 Å². The van der Waals surface area contributed by atoms with Crippen LogP contribution in [-0.2, 0) is 6.54 Å². The molecule has 0 spiro atoms. The number of benzene rings is 1. The number of halogens is 1. The Morgan fingerprint density at radius 2 is 2.16 bits per heavy atom. The van der Waals surface area contributed by atoms with E-state index in [1.165, 1.54) is 19.2 Å². The summed E-state index contributed by atoms with van der Waals surface area (Å²) in [5.74, 6) is -1.19. The van der Waals surface area contributed by atoms with Crippen LogP contribution in [0.5, 0.6) is 5.75 Å². The lowest BCUT2D eigenvalue weighted by Crippen LogP contribution is -2.04. The van der Waals surface area contributed by atoms with Crippen molar-refractivity contribution in [1.82, 2.24) is 4.57 Å². The molecule has 0 aliphatic heterocycles. The molecule has 0 radical (unpaired) electrons. The topological polar surface area (TPSA) is 51.5 Å². The number of ether oxygens (including phenoxy) is 1. The summed E-state index contributed by atoms with van der Waals surface area (Å²) < 4.78 is 20.2. The van der Waals surface area contributed by atoms with E-state index in [0.29, 0.717) is 12.2 Å². The largest absolute Gasteiger partial charge is 0.494 e. The summed E-state index contributed by atoms with van der Waals surface area (Å²) >= 11 is 0. The predicted octanol–water partition coefficient (Wildman–Crippen LogP) is 2.69. The van der Waals surface area contributed by atoms with Crippen molar-refractivity contribution in [3.05, 3.63) is 53.1 Å². The Morgan fingerprint density at radius 3 is 2.68 bits per heavy atom. The summed E-state index contributed by atoms with van der Waals surface area (Å²) in [6, 6.07) is 6.24. The molecule has 0 fully saturated rings. The van der Waals surface area contributed by atoms with Crippen molar-refractivity contribution in [1.29, 1.82) is 0 Å². The highest BCUT2D eigenvalue weighted by Gasteiger charge is 2.12. The van der Waals surface area contributed by atoms with Gasteiger partial charge in [0.05, 0.1) is 12.7 Å². The van der Waals surface area contributed by atoms with Gasteiger partial charge in [0.15, 0.2) is 11.6 Å². The van der Waals surface area contributed by atoms with E-state index in [4.69, 9.17) is 9.84 Å². The first kappa shape index (κ1) is 13.1. The van der Waals surface area contributed by atoms with E-state index < -0.39 is 11.8 Å². The first-order valence-electron chi connectivity index (χ1n) is 5.74. The number of aromatic carboxylic acids is 1. The highest BCUT2D eigenvalue weighted by Crippen LogP contribution is 2.19. The molecular weight excluding hydrogens is 249 g/mol. The number of rotatable bonds is 4. The summed E-state index contributed by atoms with van der Waals surface area (Å²) in [4.78, 5) is 10.9. The van der Waals surface area contributed by atoms with Crippen molar-refractivity contribution in [2.75, 3.05) is 7.11 Å². The average molecular weight is 263 g/mol. The zero-order valence-corrected chi connectivity index (χ0v) is 10.7. The van der Waals surface area contributed by atoms with E-state index in [-0.39, 0.29) is 11.3 Å². The van der Waals surface area contributed by atoms with Crippen LogP contribution in [0.25, 0.3) is 0 Å². The fourth-order valence-corrected chi connectivity index (χ4v) is 1.95. The molecule has 19 heavy (non-hydrogen) atoms. The van der Waals surface area contributed by atoms with Gasteiger partial charge in [0.25, 0.3) is 0 Å². The Balaban J connectivity index is 2.26. The molecule has 0 aliphatic carbocycles. The summed E-state index contributed by atoms with van der Waals surface area (Å²) in [6.45, 7) is 2.14. The van der Waals surface area contributed by atoms with Crippen LogP contribution in [0.4, 0.5) is 4.39 Å². The summed E-state index contributed by atoms with van der Waals surface area (Å²) in [5, 5.41) is 8.97. The molecule has 0 bridgehead atoms. The Morgan fingerprint density at radius 1 is 1.42 bits per heavy atom. The number of carbonyl (C=O) groups is 1. The van der Waals surface area contributed by atoms with Gasteiger partial charge in [-0.05, 0) is 30.7 Å². The third-order valence-corrected chi connectivity index (χ3v) is 3.04. The third-order valence-electron chi connectivity index (χ3n) is 3.04. The minimum absolute atomic E-state index is 0.194. The second kappa shape index (κ2) is 5.14. The van der Waals surface area contributed by atoms with Crippen molar-refractivity contribution in [3.8, 4) is 5.75 Å². The van der Waals surface area contributed by atoms with Crippen LogP contribution in [0.1, 0.15) is 21.6 Å². The maximum Gasteiger partial charge on any atom is 0.337 e. The van der Waals surface area contributed by atoms with Gasteiger partial charge in [0.1, 0.15) is 0 Å². The van der Waals surface area contributed by atoms with E-state index >= 15 is 0 Å². The molecule has 1 aromatic heterocycles. The van der Waals surface area contributed by atoms with Gasteiger partial charge in [-0.25, -0.2) is 9.18 Å². The van der Waals surface area contributed by atoms with Gasteiger partial charge in [-0.3, -0.25) is 0 Å². The number of hydrogen-bond donors (Lipinski definition) is 1. The van der Waals surface area contributed by atoms with E-state index in [9.17, 15) is 9.18 Å². The zero-order valence-electron chi connectivity index (χ0n) is 10.7. The monoisotopic (exact) mass is 263 g/mol. The molecule has 5 heteroatoms. The Hall–Kier alpha value is -2.30. The summed E-state index contributed by atoms with van der Waals surface area (Å²) in [5.41, 5.74) is 1.65. The molecule has 0 atom stereocenters. The van der Waals surface area contributed by atoms with E-state index in [0.717, 1.165) is 5.56 Å². The van der Waals surface area contributed by atoms with Crippen LogP contribution in [0.2, 0.25) is 0 Å². The van der Waals surface area contributed by atoms with Gasteiger partial charge < -0.3 is 14.4 Å². The third kappa shape index (κ3) is 2.59. The number of nitrogens with zero attached hydrogens (tertiary/aromatic N) is 1. The van der Waals surface area contributed by atoms with Crippen LogP contribution in [0, 0.1) is 12.7 Å². The molecular formula is C14H14FNO3. The number of hydrogen-bond acceptors (Lipinski definition) is 2. The fourth-order valence-electron chi connectivity index (χ4n) is 1.95. The Bertz CT molecular complexity index is 619. The van der Waals surface area contributed by atoms with Crippen LogP contribution in [-0.4, -0.2) is 22.8 Å². The predicted molar refractivity (Wildman–Crippen MR) is 68.2 cm³/mol. The number of methoxy groups -OCH3 is 1. The van der Waals surface area contributed by atoms with Crippen LogP contribution >= 0.6 is 0 Å². The van der Waals surface area contributed by atoms with Crippen LogP contribution < -0.4 is 4.74 Å². The molecule has 1 N–H and O–H groups in total. The molecule has 4 nitrogen and oxygen atoms in total. The minimum Gasteiger partial charge on any atom is -0.494 e. The SMILES string of the molecule is COc1ccc(Cn2ccc(C(=O)O)c2C)cc1F. The highest BCUT2D eigenvalue weighted by molar-refractivity contribution is 5.88. The lowest BCUT2D eigenvalue weighted by molar-refractivity contribution is 0.0696. The normalized spacial score (nSPS) is 10.5. The fraction of sp³-hybridized carbons (Fsp3) is 0.214. The lowest BCUT2D eigenvalue weighted by Gasteiger charge is -2.08. The average Bonchev–Trinajstić information content (AvgIpc) is 2.71. The van der Waals surface area contributed by atoms with Gasteiger partial charge in [-0.1, -0.05) is 6.07 Å². The molecule has 2 aromatic rings. The van der Waals surface area contributed by atoms with Crippen LogP contribution in [0.15, 0.2) is 30.5 Å². The number of aromatic nitrogens is 1. The van der Waals surface area contributed by atoms with Gasteiger partial charge in [-0.15, -0.1) is 0 Å². The molecule has 1 heterocycles. The second-order valence-electron chi connectivity index (χ2n) is 4.22. The van der Waals surface area contributed by atoms with Crippen molar-refractivity contribution in [3.63, 3.8) is 0 Å². The molecule has 0 saturated carbocycles. The van der Waals surface area contributed by atoms with E-state index in [1.807, 2.05) is 0 Å². The maximum atomic E-state index is 13.6. The van der Waals surface area contributed by atoms with Crippen molar-refractivity contribution in [2.45, 2.75) is 13.5 Å². The minimum atomic E-state index is -0.961. The molecule has 0 unspecified atom stereocenters. The first-order chi connectivity index (χ1) is 9.02. The van der Waals surface area contributed by atoms with Crippen molar-refractivity contribution in [2.24, 2.45) is 0 Å². The van der Waals surface area contributed by atoms with Crippen molar-refractivity contribution >= 4 is 5.97 Å². The quantitative estimate of drug-likeness (QED) is 0.922. The Kier molecular flexibility index (Phi) is 3.55. The van der Waals surface area contributed by atoms with Gasteiger partial charge >= 0.3 is 5.97 Å². The molecule has 0 aliphatic rings. The standard InChI is InChI=1S/C14H14FNO3/c1-9-11(14(17)18)5-6-16(9)8-10-3-4-13(19-2)12(15)7-10/h3-7H,8H2,1-2H3,(H,17,18). The Labute approximate surface area is 110 Å². The second-order valence-corrected chi connectivity index (χ2v) is 4.22. The molecule has 1 aromatic carbocycles. The number of carboxylic acid groups (broad SMARTS) is 1.